The first kappa shape index (κ1) is 18.3. The molecule has 1 aliphatic rings. The van der Waals surface area contributed by atoms with Crippen LogP contribution in [0.1, 0.15) is 39.0 Å². The Hall–Kier alpha value is -2.04. The van der Waals surface area contributed by atoms with E-state index in [1.807, 2.05) is 43.3 Å². The van der Waals surface area contributed by atoms with Crippen molar-refractivity contribution in [2.45, 2.75) is 39.0 Å². The summed E-state index contributed by atoms with van der Waals surface area (Å²) < 4.78 is 0. The molecule has 0 aromatic heterocycles. The smallest absolute Gasteiger partial charge is 0.223 e. The predicted molar refractivity (Wildman–Crippen MR) is 98.4 cm³/mol. The van der Waals surface area contributed by atoms with E-state index in [9.17, 15) is 9.59 Å². The van der Waals surface area contributed by atoms with E-state index < -0.39 is 0 Å². The van der Waals surface area contributed by atoms with Gasteiger partial charge in [0.2, 0.25) is 11.8 Å². The summed E-state index contributed by atoms with van der Waals surface area (Å²) in [5, 5.41) is 3.00. The largest absolute Gasteiger partial charge is 0.378 e. The second-order valence-corrected chi connectivity index (χ2v) is 6.71. The maximum absolute atomic E-state index is 12.2. The van der Waals surface area contributed by atoms with E-state index in [1.54, 1.807) is 11.8 Å². The van der Waals surface area contributed by atoms with E-state index in [2.05, 4.69) is 5.32 Å². The van der Waals surface area contributed by atoms with Gasteiger partial charge in [-0.3, -0.25) is 9.59 Å². The van der Waals surface area contributed by atoms with Gasteiger partial charge in [0.15, 0.2) is 0 Å². The maximum Gasteiger partial charge on any atom is 0.223 e. The Morgan fingerprint density at radius 3 is 2.17 bits per heavy atom. The zero-order valence-electron chi connectivity index (χ0n) is 15.0. The number of benzene rings is 1. The maximum atomic E-state index is 12.2. The van der Waals surface area contributed by atoms with Gasteiger partial charge in [-0.2, -0.15) is 0 Å². The van der Waals surface area contributed by atoms with Crippen LogP contribution in [0, 0.1) is 5.92 Å². The van der Waals surface area contributed by atoms with E-state index in [1.165, 1.54) is 6.42 Å². The minimum Gasteiger partial charge on any atom is -0.378 e. The first-order valence-electron chi connectivity index (χ1n) is 8.82. The van der Waals surface area contributed by atoms with Crippen molar-refractivity contribution in [3.05, 3.63) is 24.3 Å². The molecule has 24 heavy (non-hydrogen) atoms. The highest BCUT2D eigenvalue weighted by molar-refractivity contribution is 5.91. The molecule has 5 heteroatoms. The van der Waals surface area contributed by atoms with Gasteiger partial charge in [0.25, 0.3) is 0 Å². The fourth-order valence-electron chi connectivity index (χ4n) is 3.20. The number of hydrogen-bond donors (Lipinski definition) is 1. The summed E-state index contributed by atoms with van der Waals surface area (Å²) in [4.78, 5) is 27.9. The molecule has 0 aliphatic heterocycles. The predicted octanol–water partition coefficient (Wildman–Crippen LogP) is 2.80. The molecule has 0 bridgehead atoms. The molecule has 0 radical (unpaired) electrons. The number of anilines is 2. The Morgan fingerprint density at radius 1 is 1.04 bits per heavy atom. The topological polar surface area (TPSA) is 52.7 Å². The summed E-state index contributed by atoms with van der Waals surface area (Å²) in [6, 6.07) is 7.87. The number of hydrogen-bond acceptors (Lipinski definition) is 3. The molecule has 0 atom stereocenters. The summed E-state index contributed by atoms with van der Waals surface area (Å²) in [6.07, 6.45) is 5.53. The second kappa shape index (κ2) is 8.71. The summed E-state index contributed by atoms with van der Waals surface area (Å²) in [7, 11) is 3.97. The molecule has 0 heterocycles. The Morgan fingerprint density at radius 2 is 1.62 bits per heavy atom. The zero-order chi connectivity index (χ0) is 17.5. The molecule has 1 saturated carbocycles. The lowest BCUT2D eigenvalue weighted by Crippen LogP contribution is -2.40. The Bertz CT molecular complexity index is 548. The van der Waals surface area contributed by atoms with E-state index >= 15 is 0 Å². The molecule has 1 fully saturated rings. The summed E-state index contributed by atoms with van der Waals surface area (Å²) in [6.45, 7) is 2.54. The molecular weight excluding hydrogens is 302 g/mol. The van der Waals surface area contributed by atoms with Crippen LogP contribution < -0.4 is 15.1 Å². The monoisotopic (exact) mass is 331 g/mol. The van der Waals surface area contributed by atoms with Crippen LogP contribution in [0.3, 0.4) is 0 Å². The van der Waals surface area contributed by atoms with Gasteiger partial charge in [0.1, 0.15) is 0 Å². The highest BCUT2D eigenvalue weighted by Gasteiger charge is 2.21. The first-order valence-corrected chi connectivity index (χ1v) is 8.82. The molecule has 2 rings (SSSR count). The quantitative estimate of drug-likeness (QED) is 0.872. The Balaban J connectivity index is 1.89. The third-order valence-corrected chi connectivity index (χ3v) is 4.67. The van der Waals surface area contributed by atoms with Crippen molar-refractivity contribution in [3.8, 4) is 0 Å². The second-order valence-electron chi connectivity index (χ2n) is 6.71. The van der Waals surface area contributed by atoms with Gasteiger partial charge in [0, 0.05) is 51.4 Å². The molecule has 1 aromatic carbocycles. The molecule has 2 amide bonds. The Labute approximate surface area is 145 Å². The van der Waals surface area contributed by atoms with E-state index in [0.29, 0.717) is 13.1 Å². The standard InChI is InChI=1S/C19H29N3O2/c1-15(23)22(18-11-9-17(10-12-18)21(2)3)14-13-20-19(24)16-7-5-4-6-8-16/h9-12,16H,4-8,13-14H2,1-3H3,(H,20,24). The van der Waals surface area contributed by atoms with Gasteiger partial charge in [-0.05, 0) is 37.1 Å². The van der Waals surface area contributed by atoms with Crippen LogP contribution in [0.5, 0.6) is 0 Å². The zero-order valence-corrected chi connectivity index (χ0v) is 15.0. The van der Waals surface area contributed by atoms with Gasteiger partial charge in [-0.15, -0.1) is 0 Å². The summed E-state index contributed by atoms with van der Waals surface area (Å²) >= 11 is 0. The number of carbonyl (C=O) groups is 2. The molecular formula is C19H29N3O2. The number of amides is 2. The fourth-order valence-corrected chi connectivity index (χ4v) is 3.20. The van der Waals surface area contributed by atoms with Gasteiger partial charge in [-0.1, -0.05) is 19.3 Å². The number of rotatable bonds is 6. The average Bonchev–Trinajstić information content (AvgIpc) is 2.59. The van der Waals surface area contributed by atoms with Crippen LogP contribution in [0.15, 0.2) is 24.3 Å². The fraction of sp³-hybridized carbons (Fsp3) is 0.579. The Kier molecular flexibility index (Phi) is 6.64. The third-order valence-electron chi connectivity index (χ3n) is 4.67. The van der Waals surface area contributed by atoms with Gasteiger partial charge in [-0.25, -0.2) is 0 Å². The molecule has 1 aromatic rings. The SMILES string of the molecule is CC(=O)N(CCNC(=O)C1CCCCC1)c1ccc(N(C)C)cc1. The minimum absolute atomic E-state index is 0.0143. The number of nitrogens with zero attached hydrogens (tertiary/aromatic N) is 2. The molecule has 132 valence electrons. The van der Waals surface area contributed by atoms with Crippen molar-refractivity contribution in [2.75, 3.05) is 37.0 Å². The van der Waals surface area contributed by atoms with Crippen molar-refractivity contribution < 1.29 is 9.59 Å². The lowest BCUT2D eigenvalue weighted by molar-refractivity contribution is -0.126. The van der Waals surface area contributed by atoms with Crippen molar-refractivity contribution in [3.63, 3.8) is 0 Å². The first-order chi connectivity index (χ1) is 11.5. The molecule has 5 nitrogen and oxygen atoms in total. The molecule has 1 N–H and O–H groups in total. The minimum atomic E-state index is -0.0143. The van der Waals surface area contributed by atoms with Crippen LogP contribution in [0.4, 0.5) is 11.4 Å². The average molecular weight is 331 g/mol. The van der Waals surface area contributed by atoms with Gasteiger partial charge < -0.3 is 15.1 Å². The van der Waals surface area contributed by atoms with E-state index in [0.717, 1.165) is 37.1 Å². The van der Waals surface area contributed by atoms with Crippen LogP contribution in [-0.4, -0.2) is 39.0 Å². The van der Waals surface area contributed by atoms with Crippen LogP contribution in [0.2, 0.25) is 0 Å². The normalized spacial score (nSPS) is 15.0. The van der Waals surface area contributed by atoms with Crippen LogP contribution >= 0.6 is 0 Å². The number of carbonyl (C=O) groups excluding carboxylic acids is 2. The lowest BCUT2D eigenvalue weighted by atomic mass is 9.89. The van der Waals surface area contributed by atoms with E-state index in [4.69, 9.17) is 0 Å². The van der Waals surface area contributed by atoms with Crippen molar-refractivity contribution in [1.82, 2.24) is 5.32 Å². The molecule has 0 unspecified atom stereocenters. The van der Waals surface area contributed by atoms with E-state index in [-0.39, 0.29) is 17.7 Å². The third kappa shape index (κ3) is 4.98. The van der Waals surface area contributed by atoms with Gasteiger partial charge in [0.05, 0.1) is 0 Å². The molecule has 0 spiro atoms. The van der Waals surface area contributed by atoms with Crippen LogP contribution in [-0.2, 0) is 9.59 Å². The number of nitrogens with one attached hydrogen (secondary N) is 1. The van der Waals surface area contributed by atoms with Crippen molar-refractivity contribution in [1.29, 1.82) is 0 Å². The van der Waals surface area contributed by atoms with Gasteiger partial charge >= 0.3 is 0 Å². The highest BCUT2D eigenvalue weighted by atomic mass is 16.2. The summed E-state index contributed by atoms with van der Waals surface area (Å²) in [5.74, 6) is 0.282. The van der Waals surface area contributed by atoms with Crippen molar-refractivity contribution >= 4 is 23.2 Å². The highest BCUT2D eigenvalue weighted by Crippen LogP contribution is 2.23. The summed E-state index contributed by atoms with van der Waals surface area (Å²) in [5.41, 5.74) is 1.95. The van der Waals surface area contributed by atoms with Crippen molar-refractivity contribution in [2.24, 2.45) is 5.92 Å². The molecule has 0 saturated heterocycles. The lowest BCUT2D eigenvalue weighted by Gasteiger charge is -2.24. The molecule has 1 aliphatic carbocycles. The van der Waals surface area contributed by atoms with Crippen LogP contribution in [0.25, 0.3) is 0 Å².